The predicted molar refractivity (Wildman–Crippen MR) is 96.7 cm³/mol. The summed E-state index contributed by atoms with van der Waals surface area (Å²) in [6, 6.07) is 10.2. The molecule has 1 fully saturated rings. The molecule has 1 N–H and O–H groups in total. The number of nitrogens with zero attached hydrogens (tertiary/aromatic N) is 1. The van der Waals surface area contributed by atoms with E-state index in [2.05, 4.69) is 12.2 Å². The highest BCUT2D eigenvalue weighted by atomic mass is 16.2. The number of rotatable bonds is 6. The van der Waals surface area contributed by atoms with E-state index in [-0.39, 0.29) is 29.7 Å². The summed E-state index contributed by atoms with van der Waals surface area (Å²) in [6.07, 6.45) is 3.37. The molecule has 1 saturated heterocycles. The van der Waals surface area contributed by atoms with Crippen molar-refractivity contribution in [3.63, 3.8) is 0 Å². The second kappa shape index (κ2) is 8.86. The van der Waals surface area contributed by atoms with E-state index >= 15 is 0 Å². The molecular formula is C20H30N2O2. The lowest BCUT2D eigenvalue weighted by Gasteiger charge is -2.35. The van der Waals surface area contributed by atoms with Gasteiger partial charge in [0.1, 0.15) is 0 Å². The van der Waals surface area contributed by atoms with E-state index in [1.807, 2.05) is 49.1 Å². The van der Waals surface area contributed by atoms with Gasteiger partial charge in [-0.25, -0.2) is 0 Å². The highest BCUT2D eigenvalue weighted by Crippen LogP contribution is 2.24. The number of carbonyl (C=O) groups excluding carboxylic acids is 2. The van der Waals surface area contributed by atoms with Crippen molar-refractivity contribution in [2.45, 2.75) is 58.4 Å². The van der Waals surface area contributed by atoms with E-state index in [0.717, 1.165) is 44.3 Å². The van der Waals surface area contributed by atoms with E-state index in [4.69, 9.17) is 0 Å². The van der Waals surface area contributed by atoms with E-state index in [1.165, 1.54) is 0 Å². The molecule has 1 aliphatic rings. The van der Waals surface area contributed by atoms with Gasteiger partial charge < -0.3 is 10.2 Å². The van der Waals surface area contributed by atoms with Gasteiger partial charge in [0.15, 0.2) is 0 Å². The molecule has 2 atom stereocenters. The lowest BCUT2D eigenvalue weighted by molar-refractivity contribution is -0.134. The number of amides is 2. The van der Waals surface area contributed by atoms with Crippen LogP contribution in [0.4, 0.5) is 0 Å². The van der Waals surface area contributed by atoms with Crippen LogP contribution in [0, 0.1) is 5.92 Å². The summed E-state index contributed by atoms with van der Waals surface area (Å²) in [4.78, 5) is 26.8. The van der Waals surface area contributed by atoms with Crippen LogP contribution in [0.25, 0.3) is 0 Å². The number of hydrogen-bond donors (Lipinski definition) is 1. The number of carbonyl (C=O) groups is 2. The van der Waals surface area contributed by atoms with Gasteiger partial charge in [-0.2, -0.15) is 0 Å². The SMILES string of the molecule is CC[C@H](C)C(=O)NC1CCN(C(=O)[C@H](CC)c2ccccc2)CC1. The maximum Gasteiger partial charge on any atom is 0.230 e. The number of benzene rings is 1. The largest absolute Gasteiger partial charge is 0.353 e. The zero-order chi connectivity index (χ0) is 17.5. The van der Waals surface area contributed by atoms with Crippen molar-refractivity contribution in [1.29, 1.82) is 0 Å². The first kappa shape index (κ1) is 18.5. The molecule has 2 amide bonds. The van der Waals surface area contributed by atoms with Gasteiger partial charge in [-0.1, -0.05) is 51.1 Å². The molecule has 0 unspecified atom stereocenters. The second-order valence-electron chi connectivity index (χ2n) is 6.79. The van der Waals surface area contributed by atoms with Crippen LogP contribution in [0.5, 0.6) is 0 Å². The lowest BCUT2D eigenvalue weighted by Crippen LogP contribution is -2.48. The minimum absolute atomic E-state index is 0.0579. The Morgan fingerprint density at radius 1 is 1.12 bits per heavy atom. The highest BCUT2D eigenvalue weighted by molar-refractivity contribution is 5.84. The third-order valence-electron chi connectivity index (χ3n) is 5.12. The quantitative estimate of drug-likeness (QED) is 0.870. The molecule has 0 saturated carbocycles. The van der Waals surface area contributed by atoms with Gasteiger partial charge in [-0.3, -0.25) is 9.59 Å². The van der Waals surface area contributed by atoms with Gasteiger partial charge in [-0.15, -0.1) is 0 Å². The third-order valence-corrected chi connectivity index (χ3v) is 5.12. The summed E-state index contributed by atoms with van der Waals surface area (Å²) in [5.74, 6) is 0.359. The van der Waals surface area contributed by atoms with Crippen molar-refractivity contribution in [2.24, 2.45) is 5.92 Å². The number of hydrogen-bond acceptors (Lipinski definition) is 2. The monoisotopic (exact) mass is 330 g/mol. The summed E-state index contributed by atoms with van der Waals surface area (Å²) in [5, 5.41) is 3.13. The molecule has 0 aromatic heterocycles. The Morgan fingerprint density at radius 3 is 2.29 bits per heavy atom. The Hall–Kier alpha value is -1.84. The van der Waals surface area contributed by atoms with Crippen molar-refractivity contribution >= 4 is 11.8 Å². The second-order valence-corrected chi connectivity index (χ2v) is 6.79. The Bertz CT molecular complexity index is 536. The molecule has 0 spiro atoms. The smallest absolute Gasteiger partial charge is 0.230 e. The zero-order valence-corrected chi connectivity index (χ0v) is 15.1. The minimum Gasteiger partial charge on any atom is -0.353 e. The average molecular weight is 330 g/mol. The fraction of sp³-hybridized carbons (Fsp3) is 0.600. The molecule has 1 aliphatic heterocycles. The maximum atomic E-state index is 12.9. The van der Waals surface area contributed by atoms with Gasteiger partial charge in [0.05, 0.1) is 5.92 Å². The molecule has 2 rings (SSSR count). The molecule has 1 heterocycles. The molecule has 24 heavy (non-hydrogen) atoms. The Balaban J connectivity index is 1.89. The summed E-state index contributed by atoms with van der Waals surface area (Å²) in [5.41, 5.74) is 1.09. The van der Waals surface area contributed by atoms with Gasteiger partial charge in [0, 0.05) is 25.0 Å². The first-order chi connectivity index (χ1) is 11.6. The third kappa shape index (κ3) is 4.59. The molecule has 1 aromatic rings. The Morgan fingerprint density at radius 2 is 1.75 bits per heavy atom. The summed E-state index contributed by atoms with van der Waals surface area (Å²) in [7, 11) is 0. The van der Waals surface area contributed by atoms with Crippen LogP contribution in [0.2, 0.25) is 0 Å². The molecule has 4 heteroatoms. The van der Waals surface area contributed by atoms with E-state index in [0.29, 0.717) is 0 Å². The predicted octanol–water partition coefficient (Wildman–Crippen LogP) is 3.33. The summed E-state index contributed by atoms with van der Waals surface area (Å²) in [6.45, 7) is 7.51. The van der Waals surface area contributed by atoms with Gasteiger partial charge in [-0.05, 0) is 31.2 Å². The Labute approximate surface area is 145 Å². The van der Waals surface area contributed by atoms with Gasteiger partial charge in [0.25, 0.3) is 0 Å². The highest BCUT2D eigenvalue weighted by Gasteiger charge is 2.29. The Kier molecular flexibility index (Phi) is 6.83. The van der Waals surface area contributed by atoms with Crippen molar-refractivity contribution in [1.82, 2.24) is 10.2 Å². The molecule has 0 bridgehead atoms. The van der Waals surface area contributed by atoms with Crippen LogP contribution in [-0.2, 0) is 9.59 Å². The summed E-state index contributed by atoms with van der Waals surface area (Å²) < 4.78 is 0. The van der Waals surface area contributed by atoms with Crippen molar-refractivity contribution < 1.29 is 9.59 Å². The van der Waals surface area contributed by atoms with E-state index in [9.17, 15) is 9.59 Å². The molecule has 4 nitrogen and oxygen atoms in total. The van der Waals surface area contributed by atoms with E-state index in [1.54, 1.807) is 0 Å². The fourth-order valence-electron chi connectivity index (χ4n) is 3.23. The van der Waals surface area contributed by atoms with Crippen molar-refractivity contribution in [3.05, 3.63) is 35.9 Å². The normalized spacial score (nSPS) is 18.0. The van der Waals surface area contributed by atoms with Crippen LogP contribution >= 0.6 is 0 Å². The first-order valence-electron chi connectivity index (χ1n) is 9.20. The summed E-state index contributed by atoms with van der Waals surface area (Å²) >= 11 is 0. The zero-order valence-electron chi connectivity index (χ0n) is 15.1. The molecule has 132 valence electrons. The molecule has 0 radical (unpaired) electrons. The van der Waals surface area contributed by atoms with Gasteiger partial charge in [0.2, 0.25) is 11.8 Å². The van der Waals surface area contributed by atoms with Crippen LogP contribution in [0.15, 0.2) is 30.3 Å². The number of likely N-dealkylation sites (tertiary alicyclic amines) is 1. The minimum atomic E-state index is -0.0579. The molecule has 0 aliphatic carbocycles. The molecular weight excluding hydrogens is 300 g/mol. The van der Waals surface area contributed by atoms with Crippen LogP contribution in [-0.4, -0.2) is 35.8 Å². The van der Waals surface area contributed by atoms with Crippen molar-refractivity contribution in [2.75, 3.05) is 13.1 Å². The maximum absolute atomic E-state index is 12.9. The number of nitrogens with one attached hydrogen (secondary N) is 1. The van der Waals surface area contributed by atoms with Crippen LogP contribution < -0.4 is 5.32 Å². The van der Waals surface area contributed by atoms with Crippen molar-refractivity contribution in [3.8, 4) is 0 Å². The first-order valence-corrected chi connectivity index (χ1v) is 9.20. The van der Waals surface area contributed by atoms with Crippen LogP contribution in [0.1, 0.15) is 57.9 Å². The number of piperidine rings is 1. The molecule has 1 aromatic carbocycles. The fourth-order valence-corrected chi connectivity index (χ4v) is 3.23. The topological polar surface area (TPSA) is 49.4 Å². The lowest BCUT2D eigenvalue weighted by atomic mass is 9.93. The van der Waals surface area contributed by atoms with Gasteiger partial charge >= 0.3 is 0 Å². The van der Waals surface area contributed by atoms with E-state index < -0.39 is 0 Å². The van der Waals surface area contributed by atoms with Crippen LogP contribution in [0.3, 0.4) is 0 Å². The standard InChI is InChI=1S/C20H30N2O2/c1-4-15(3)19(23)21-17-11-13-22(14-12-17)20(24)18(5-2)16-9-7-6-8-10-16/h6-10,15,17-18H,4-5,11-14H2,1-3H3,(H,21,23)/t15-,18+/m0/s1. The average Bonchev–Trinajstić information content (AvgIpc) is 2.63.